The normalized spacial score (nSPS) is 28.6. The van der Waals surface area contributed by atoms with Gasteiger partial charge in [-0.05, 0) is 24.0 Å². The average Bonchev–Trinajstić information content (AvgIpc) is 3.41. The smallest absolute Gasteiger partial charge is 0.346 e. The lowest BCUT2D eigenvalue weighted by atomic mass is 9.79. The zero-order chi connectivity index (χ0) is 29.2. The molecule has 41 heavy (non-hydrogen) atoms. The maximum atomic E-state index is 13.6. The predicted molar refractivity (Wildman–Crippen MR) is 145 cm³/mol. The van der Waals surface area contributed by atoms with Gasteiger partial charge in [-0.2, -0.15) is 0 Å². The molecule has 10 N–H and O–H groups in total. The van der Waals surface area contributed by atoms with E-state index in [2.05, 4.69) is 50.1 Å². The Bertz CT molecular complexity index is 1480. The molecule has 0 radical (unpaired) electrons. The number of nitrogens with one attached hydrogen (secondary N) is 4. The summed E-state index contributed by atoms with van der Waals surface area (Å²) >= 11 is 0. The van der Waals surface area contributed by atoms with Crippen molar-refractivity contribution in [3.05, 3.63) is 53.6 Å². The third-order valence-corrected chi connectivity index (χ3v) is 8.39. The number of aliphatic imine (C=N–C) groups is 1. The summed E-state index contributed by atoms with van der Waals surface area (Å²) in [7, 11) is 0. The van der Waals surface area contributed by atoms with Crippen molar-refractivity contribution in [2.45, 2.75) is 55.3 Å². The Morgan fingerprint density at radius 1 is 1.17 bits per heavy atom. The quantitative estimate of drug-likeness (QED) is 0.135. The molecule has 216 valence electrons. The van der Waals surface area contributed by atoms with Gasteiger partial charge >= 0.3 is 5.96 Å². The van der Waals surface area contributed by atoms with Gasteiger partial charge < -0.3 is 36.6 Å². The minimum absolute atomic E-state index is 0.0209. The van der Waals surface area contributed by atoms with E-state index in [0.29, 0.717) is 17.9 Å². The summed E-state index contributed by atoms with van der Waals surface area (Å²) in [5.74, 6) is -3.18. The summed E-state index contributed by atoms with van der Waals surface area (Å²) in [5.41, 5.74) is 11.7. The van der Waals surface area contributed by atoms with Crippen LogP contribution in [0, 0.1) is 0 Å². The van der Waals surface area contributed by atoms with Crippen LogP contribution in [0.15, 0.2) is 41.7 Å². The first-order valence-electron chi connectivity index (χ1n) is 13.3. The van der Waals surface area contributed by atoms with Gasteiger partial charge in [0.15, 0.2) is 5.96 Å². The Balaban J connectivity index is 1.27. The number of hydrogen-bond acceptors (Lipinski definition) is 12. The van der Waals surface area contributed by atoms with E-state index in [1.807, 2.05) is 6.07 Å². The molecular weight excluding hydrogens is 532 g/mol. The minimum atomic E-state index is -2.61. The maximum Gasteiger partial charge on any atom is 0.346 e. The highest BCUT2D eigenvalue weighted by Crippen LogP contribution is 2.43. The summed E-state index contributed by atoms with van der Waals surface area (Å²) < 4.78 is 7.38. The van der Waals surface area contributed by atoms with Crippen molar-refractivity contribution in [3.63, 3.8) is 0 Å². The van der Waals surface area contributed by atoms with Gasteiger partial charge in [0, 0.05) is 18.0 Å². The second-order valence-corrected chi connectivity index (χ2v) is 11.3. The molecule has 1 saturated heterocycles. The molecule has 4 aliphatic rings. The van der Waals surface area contributed by atoms with Gasteiger partial charge in [0.1, 0.15) is 23.9 Å². The molecule has 4 aliphatic heterocycles. The molecule has 6 rings (SSSR count). The number of carbonyl (C=O) groups is 2. The fourth-order valence-electron chi connectivity index (χ4n) is 6.21. The van der Waals surface area contributed by atoms with Gasteiger partial charge in [-0.1, -0.05) is 26.0 Å². The van der Waals surface area contributed by atoms with Crippen molar-refractivity contribution in [1.29, 1.82) is 0 Å². The van der Waals surface area contributed by atoms with Crippen molar-refractivity contribution in [2.24, 2.45) is 16.5 Å². The van der Waals surface area contributed by atoms with Gasteiger partial charge in [-0.25, -0.2) is 19.5 Å². The lowest BCUT2D eigenvalue weighted by molar-refractivity contribution is -0.623. The van der Waals surface area contributed by atoms with E-state index >= 15 is 0 Å². The van der Waals surface area contributed by atoms with Gasteiger partial charge in [0.2, 0.25) is 17.3 Å². The number of benzene rings is 1. The van der Waals surface area contributed by atoms with Crippen molar-refractivity contribution in [2.75, 3.05) is 19.7 Å². The molecule has 5 heterocycles. The predicted octanol–water partition coefficient (Wildman–Crippen LogP) is -2.96. The number of guanidine groups is 2. The summed E-state index contributed by atoms with van der Waals surface area (Å²) in [6, 6.07) is 4.08. The van der Waals surface area contributed by atoms with Crippen LogP contribution >= 0.6 is 0 Å². The fourth-order valence-corrected chi connectivity index (χ4v) is 6.21. The molecule has 1 aromatic heterocycles. The molecule has 2 aromatic rings. The first-order chi connectivity index (χ1) is 19.5. The molecule has 15 nitrogen and oxygen atoms in total. The molecular formula is C26H33N10O5+. The fraction of sp³-hybridized carbons (Fsp3) is 0.462. The Kier molecular flexibility index (Phi) is 6.04. The molecule has 15 heteroatoms. The monoisotopic (exact) mass is 565 g/mol. The molecule has 0 saturated carbocycles. The van der Waals surface area contributed by atoms with Crippen molar-refractivity contribution in [1.82, 2.24) is 31.2 Å². The zero-order valence-corrected chi connectivity index (χ0v) is 22.6. The summed E-state index contributed by atoms with van der Waals surface area (Å²) in [5, 5.41) is 34.9. The van der Waals surface area contributed by atoms with Gasteiger partial charge in [0.25, 0.3) is 11.8 Å². The number of aromatic nitrogens is 2. The van der Waals surface area contributed by atoms with E-state index in [-0.39, 0.29) is 36.2 Å². The topological polar surface area (TPSA) is 225 Å². The summed E-state index contributed by atoms with van der Waals surface area (Å²) in [6.45, 7) is 4.53. The zero-order valence-electron chi connectivity index (χ0n) is 22.6. The number of nitrogens with two attached hydrogens (primary N) is 2. The van der Waals surface area contributed by atoms with Crippen LogP contribution in [0.5, 0.6) is 5.75 Å². The molecule has 4 atom stereocenters. The van der Waals surface area contributed by atoms with Crippen LogP contribution in [0.2, 0.25) is 0 Å². The Morgan fingerprint density at radius 3 is 2.68 bits per heavy atom. The maximum absolute atomic E-state index is 13.6. The van der Waals surface area contributed by atoms with E-state index in [4.69, 9.17) is 16.2 Å². The average molecular weight is 566 g/mol. The number of ether oxygens (including phenoxy) is 1. The van der Waals surface area contributed by atoms with Gasteiger partial charge in [-0.15, -0.1) is 0 Å². The van der Waals surface area contributed by atoms with Crippen LogP contribution in [-0.4, -0.2) is 97.8 Å². The number of aliphatic hydroxyl groups is 2. The minimum Gasteiger partial charge on any atom is -0.492 e. The number of hydrogen-bond donors (Lipinski definition) is 8. The second-order valence-electron chi connectivity index (χ2n) is 11.3. The third kappa shape index (κ3) is 4.02. The largest absolute Gasteiger partial charge is 0.492 e. The second kappa shape index (κ2) is 9.27. The van der Waals surface area contributed by atoms with Gasteiger partial charge in [-0.3, -0.25) is 20.6 Å². The summed E-state index contributed by atoms with van der Waals surface area (Å²) in [6.07, 6.45) is 3.70. The first-order valence-corrected chi connectivity index (χ1v) is 13.3. The standard InChI is InChI=1S/C26H32N10O5/c1-24(2)7-10-41-17-13(5-3-6-14(17)24)20(37)33-16-12-36-23(28)32-15(11-31-21(38)19-29-8-4-9-30-19)18-25(36,26(16,39)40)35-22(27)34-18/h3-6,8-9,15-16,18,39-40H,7,10-12H2,1-2H3,(H7,27,28,31,32,33,34,35,37,38)/p+1/t15-,16?,18-,25-/m0/s1. The molecule has 1 spiro atoms. The van der Waals surface area contributed by atoms with Crippen LogP contribution in [0.25, 0.3) is 0 Å². The van der Waals surface area contributed by atoms with Crippen molar-refractivity contribution >= 4 is 23.7 Å². The number of rotatable bonds is 5. The first kappa shape index (κ1) is 26.7. The number of carbonyl (C=O) groups excluding carboxylic acids is 2. The van der Waals surface area contributed by atoms with Crippen molar-refractivity contribution in [3.8, 4) is 5.75 Å². The van der Waals surface area contributed by atoms with E-state index in [1.165, 1.54) is 17.0 Å². The van der Waals surface area contributed by atoms with Crippen LogP contribution in [0.1, 0.15) is 46.8 Å². The molecule has 2 amide bonds. The van der Waals surface area contributed by atoms with Crippen LogP contribution in [-0.2, 0) is 5.41 Å². The number of fused-ring (bicyclic) bond motifs is 1. The van der Waals surface area contributed by atoms with E-state index in [0.717, 1.165) is 12.0 Å². The Hall–Kier alpha value is -4.50. The van der Waals surface area contributed by atoms with Crippen molar-refractivity contribution < 1.29 is 29.1 Å². The van der Waals surface area contributed by atoms with Crippen LogP contribution in [0.3, 0.4) is 0 Å². The highest BCUT2D eigenvalue weighted by molar-refractivity contribution is 5.98. The lowest BCUT2D eigenvalue weighted by Gasteiger charge is -2.43. The highest BCUT2D eigenvalue weighted by atomic mass is 16.5. The molecule has 0 bridgehead atoms. The number of para-hydroxylation sites is 1. The molecule has 1 unspecified atom stereocenters. The number of nitrogens with zero attached hydrogens (tertiary/aromatic N) is 4. The van der Waals surface area contributed by atoms with Gasteiger partial charge in [0.05, 0.1) is 25.3 Å². The molecule has 1 aromatic carbocycles. The van der Waals surface area contributed by atoms with Crippen LogP contribution in [0.4, 0.5) is 0 Å². The molecule has 1 fully saturated rings. The van der Waals surface area contributed by atoms with Crippen LogP contribution < -0.4 is 37.5 Å². The van der Waals surface area contributed by atoms with E-state index in [1.54, 1.807) is 18.2 Å². The molecule has 0 aliphatic carbocycles. The van der Waals surface area contributed by atoms with E-state index in [9.17, 15) is 19.8 Å². The third-order valence-electron chi connectivity index (χ3n) is 8.39. The van der Waals surface area contributed by atoms with E-state index < -0.39 is 41.4 Å². The summed E-state index contributed by atoms with van der Waals surface area (Å²) in [4.78, 5) is 38.5. The number of amides is 2. The highest BCUT2D eigenvalue weighted by Gasteiger charge is 2.75. The SMILES string of the molecule is CC1(C)CCOc2c(C(=O)NC3C[N+]4=C(N)N[C@@H](CNC(=O)c5ncccn5)[C@@H]5N=C(N)N[C@@]54C3(O)O)cccc21. The Morgan fingerprint density at radius 2 is 1.93 bits per heavy atom. The Labute approximate surface area is 235 Å². The lowest BCUT2D eigenvalue weighted by Crippen LogP contribution is -2.79.